The maximum absolute atomic E-state index is 11.5. The van der Waals surface area contributed by atoms with E-state index in [1.165, 1.54) is 19.2 Å². The molecule has 0 aromatic heterocycles. The number of aliphatic hydroxyl groups excluding tert-OH is 4. The molecule has 0 amide bonds. The van der Waals surface area contributed by atoms with Crippen LogP contribution in [0.1, 0.15) is 10.4 Å². The standard InChI is InChI=1S/C20H21ClO8/c1-28-18(25)11-4-2-10(3-5-11)13-7-6-12(8-15(13)21)29-19(26)20(27)14(9-22)16(23)17(20)24/h2-8,14,16-17,19,22-24,26-27H,9H2,1H3/t14?,16-,17?,19-,20?/m1/s1. The molecule has 29 heavy (non-hydrogen) atoms. The van der Waals surface area contributed by atoms with Gasteiger partial charge in [0.1, 0.15) is 11.9 Å². The fourth-order valence-corrected chi connectivity index (χ4v) is 3.66. The van der Waals surface area contributed by atoms with Crippen molar-refractivity contribution in [2.75, 3.05) is 13.7 Å². The van der Waals surface area contributed by atoms with Crippen molar-refractivity contribution >= 4 is 17.6 Å². The number of methoxy groups -OCH3 is 1. The van der Waals surface area contributed by atoms with Gasteiger partial charge in [-0.25, -0.2) is 4.79 Å². The van der Waals surface area contributed by atoms with Gasteiger partial charge in [0.15, 0.2) is 5.60 Å². The van der Waals surface area contributed by atoms with Crippen molar-refractivity contribution in [2.24, 2.45) is 5.92 Å². The predicted octanol–water partition coefficient (Wildman–Crippen LogP) is 0.566. The molecule has 5 atom stereocenters. The third kappa shape index (κ3) is 3.71. The third-order valence-electron chi connectivity index (χ3n) is 5.20. The second-order valence-electron chi connectivity index (χ2n) is 6.79. The lowest BCUT2D eigenvalue weighted by atomic mass is 9.64. The number of benzene rings is 2. The summed E-state index contributed by atoms with van der Waals surface area (Å²) in [5, 5.41) is 49.6. The van der Waals surface area contributed by atoms with Crippen LogP contribution in [0.3, 0.4) is 0 Å². The van der Waals surface area contributed by atoms with E-state index >= 15 is 0 Å². The highest BCUT2D eigenvalue weighted by Gasteiger charge is 2.65. The Morgan fingerprint density at radius 3 is 2.41 bits per heavy atom. The van der Waals surface area contributed by atoms with Gasteiger partial charge in [0.25, 0.3) is 0 Å². The second-order valence-corrected chi connectivity index (χ2v) is 7.20. The van der Waals surface area contributed by atoms with E-state index < -0.39 is 42.6 Å². The maximum Gasteiger partial charge on any atom is 0.337 e. The third-order valence-corrected chi connectivity index (χ3v) is 5.51. The van der Waals surface area contributed by atoms with Gasteiger partial charge < -0.3 is 35.0 Å². The smallest absolute Gasteiger partial charge is 0.337 e. The van der Waals surface area contributed by atoms with Crippen LogP contribution in [-0.2, 0) is 4.74 Å². The summed E-state index contributed by atoms with van der Waals surface area (Å²) in [4.78, 5) is 11.5. The lowest BCUT2D eigenvalue weighted by molar-refractivity contribution is -0.332. The Labute approximate surface area is 171 Å². The van der Waals surface area contributed by atoms with Gasteiger partial charge in [-0.2, -0.15) is 0 Å². The zero-order valence-corrected chi connectivity index (χ0v) is 16.2. The molecule has 1 saturated carbocycles. The van der Waals surface area contributed by atoms with Crippen LogP contribution in [0.25, 0.3) is 11.1 Å². The highest BCUT2D eigenvalue weighted by Crippen LogP contribution is 2.42. The topological polar surface area (TPSA) is 137 Å². The Kier molecular flexibility index (Phi) is 6.13. The first-order valence-electron chi connectivity index (χ1n) is 8.76. The van der Waals surface area contributed by atoms with Crippen molar-refractivity contribution in [1.82, 2.24) is 0 Å². The molecule has 0 bridgehead atoms. The fourth-order valence-electron chi connectivity index (χ4n) is 3.38. The summed E-state index contributed by atoms with van der Waals surface area (Å²) in [7, 11) is 1.29. The first kappa shape index (κ1) is 21.5. The number of aliphatic hydroxyl groups is 5. The lowest BCUT2D eigenvalue weighted by Crippen LogP contribution is -2.76. The second kappa shape index (κ2) is 8.27. The zero-order valence-electron chi connectivity index (χ0n) is 15.4. The van der Waals surface area contributed by atoms with Crippen molar-refractivity contribution in [3.8, 4) is 16.9 Å². The molecule has 8 nitrogen and oxygen atoms in total. The largest absolute Gasteiger partial charge is 0.465 e. The van der Waals surface area contributed by atoms with Crippen molar-refractivity contribution in [3.63, 3.8) is 0 Å². The van der Waals surface area contributed by atoms with Gasteiger partial charge in [-0.05, 0) is 35.9 Å². The normalized spacial score (nSPS) is 27.1. The van der Waals surface area contributed by atoms with E-state index in [0.29, 0.717) is 11.1 Å². The monoisotopic (exact) mass is 424 g/mol. The summed E-state index contributed by atoms with van der Waals surface area (Å²) in [6.45, 7) is -0.642. The average molecular weight is 425 g/mol. The molecular formula is C20H21ClO8. The summed E-state index contributed by atoms with van der Waals surface area (Å²) in [5.74, 6) is -1.51. The van der Waals surface area contributed by atoms with E-state index in [0.717, 1.165) is 5.56 Å². The molecule has 3 unspecified atom stereocenters. The predicted molar refractivity (Wildman–Crippen MR) is 102 cm³/mol. The van der Waals surface area contributed by atoms with E-state index in [1.807, 2.05) is 0 Å². The van der Waals surface area contributed by atoms with Crippen LogP contribution in [-0.4, -0.2) is 69.3 Å². The van der Waals surface area contributed by atoms with Crippen LogP contribution in [0.5, 0.6) is 5.75 Å². The molecule has 0 heterocycles. The quantitative estimate of drug-likeness (QED) is 0.335. The number of hydrogen-bond acceptors (Lipinski definition) is 8. The maximum atomic E-state index is 11.5. The van der Waals surface area contributed by atoms with Crippen LogP contribution in [0.2, 0.25) is 5.02 Å². The highest BCUT2D eigenvalue weighted by molar-refractivity contribution is 6.33. The van der Waals surface area contributed by atoms with E-state index in [-0.39, 0.29) is 10.8 Å². The summed E-state index contributed by atoms with van der Waals surface area (Å²) in [6, 6.07) is 11.1. The van der Waals surface area contributed by atoms with Crippen molar-refractivity contribution in [3.05, 3.63) is 53.1 Å². The Balaban J connectivity index is 1.77. The minimum atomic E-state index is -2.22. The van der Waals surface area contributed by atoms with Crippen molar-refractivity contribution in [2.45, 2.75) is 24.1 Å². The van der Waals surface area contributed by atoms with Gasteiger partial charge in [-0.15, -0.1) is 0 Å². The van der Waals surface area contributed by atoms with E-state index in [4.69, 9.17) is 16.3 Å². The first-order valence-corrected chi connectivity index (χ1v) is 9.14. The van der Waals surface area contributed by atoms with Crippen LogP contribution in [0.15, 0.2) is 42.5 Å². The van der Waals surface area contributed by atoms with Crippen molar-refractivity contribution in [1.29, 1.82) is 0 Å². The van der Waals surface area contributed by atoms with E-state index in [9.17, 15) is 30.3 Å². The number of esters is 1. The Bertz CT molecular complexity index is 887. The molecule has 1 aliphatic rings. The number of carbonyl (C=O) groups excluding carboxylic acids is 1. The first-order chi connectivity index (χ1) is 13.7. The molecule has 0 spiro atoms. The van der Waals surface area contributed by atoms with Gasteiger partial charge in [0.05, 0.1) is 30.4 Å². The molecule has 2 aromatic carbocycles. The average Bonchev–Trinajstić information content (AvgIpc) is 2.73. The summed E-state index contributed by atoms with van der Waals surface area (Å²) in [5.41, 5.74) is -0.464. The number of ether oxygens (including phenoxy) is 2. The van der Waals surface area contributed by atoms with Gasteiger partial charge in [-0.1, -0.05) is 23.7 Å². The fraction of sp³-hybridized carbons (Fsp3) is 0.350. The lowest BCUT2D eigenvalue weighted by Gasteiger charge is -2.53. The molecule has 3 rings (SSSR count). The minimum Gasteiger partial charge on any atom is -0.465 e. The number of halogens is 1. The molecule has 0 radical (unpaired) electrons. The summed E-state index contributed by atoms with van der Waals surface area (Å²) >= 11 is 6.30. The van der Waals surface area contributed by atoms with Crippen LogP contribution in [0, 0.1) is 5.92 Å². The Morgan fingerprint density at radius 1 is 1.21 bits per heavy atom. The van der Waals surface area contributed by atoms with E-state index in [2.05, 4.69) is 4.74 Å². The number of rotatable bonds is 6. The van der Waals surface area contributed by atoms with Gasteiger partial charge >= 0.3 is 5.97 Å². The SMILES string of the molecule is COC(=O)c1ccc(-c2ccc(O[C@@H](O)C3(O)C(O)[C@H](O)C3CO)cc2Cl)cc1. The number of hydrogen-bond donors (Lipinski definition) is 5. The zero-order chi connectivity index (χ0) is 21.3. The molecule has 1 aliphatic carbocycles. The van der Waals surface area contributed by atoms with E-state index in [1.54, 1.807) is 30.3 Å². The molecule has 0 aliphatic heterocycles. The summed E-state index contributed by atoms with van der Waals surface area (Å²) in [6.07, 6.45) is -4.95. The minimum absolute atomic E-state index is 0.108. The Hall–Kier alpha value is -2.20. The molecule has 0 saturated heterocycles. The van der Waals surface area contributed by atoms with Gasteiger partial charge in [-0.3, -0.25) is 0 Å². The molecule has 2 aromatic rings. The van der Waals surface area contributed by atoms with Crippen LogP contribution < -0.4 is 4.74 Å². The van der Waals surface area contributed by atoms with Gasteiger partial charge in [0.2, 0.25) is 6.29 Å². The molecule has 5 N–H and O–H groups in total. The van der Waals surface area contributed by atoms with Crippen LogP contribution in [0.4, 0.5) is 0 Å². The summed E-state index contributed by atoms with van der Waals surface area (Å²) < 4.78 is 9.94. The van der Waals surface area contributed by atoms with Gasteiger partial charge in [0, 0.05) is 11.5 Å². The van der Waals surface area contributed by atoms with Crippen LogP contribution >= 0.6 is 11.6 Å². The molecule has 9 heteroatoms. The Morgan fingerprint density at radius 2 is 1.86 bits per heavy atom. The number of carbonyl (C=O) groups is 1. The molecule has 1 fully saturated rings. The molecule has 156 valence electrons. The van der Waals surface area contributed by atoms with Crippen molar-refractivity contribution < 1.29 is 39.8 Å². The molecular weight excluding hydrogens is 404 g/mol. The highest BCUT2D eigenvalue weighted by atomic mass is 35.5.